The van der Waals surface area contributed by atoms with Gasteiger partial charge in [-0.25, -0.2) is 0 Å². The van der Waals surface area contributed by atoms with E-state index in [-0.39, 0.29) is 30.1 Å². The normalized spacial score (nSPS) is 37.2. The molecule has 2 fully saturated rings. The van der Waals surface area contributed by atoms with Crippen molar-refractivity contribution in [1.29, 1.82) is 0 Å². The Balaban J connectivity index is 1.82. The molecule has 2 rings (SSSR count). The lowest BCUT2D eigenvalue weighted by atomic mass is 9.85. The van der Waals surface area contributed by atoms with Gasteiger partial charge in [-0.15, -0.1) is 0 Å². The van der Waals surface area contributed by atoms with Crippen LogP contribution in [-0.2, 0) is 14.3 Å². The molecule has 0 heterocycles. The third-order valence-electron chi connectivity index (χ3n) is 4.32. The van der Waals surface area contributed by atoms with Gasteiger partial charge >= 0.3 is 5.97 Å². The summed E-state index contributed by atoms with van der Waals surface area (Å²) in [6, 6.07) is -0.00642. The molecule has 0 spiro atoms. The van der Waals surface area contributed by atoms with Crippen LogP contribution in [0.4, 0.5) is 0 Å². The van der Waals surface area contributed by atoms with Crippen LogP contribution in [0.25, 0.3) is 0 Å². The standard InChI is InChI=1S/C14H25NO3/c1-17-10-5-4-6-11(9-10)18-14(16)12-7-2-3-8-13(12)15/h10-13H,2-9,15H2,1H3. The molecule has 0 aliphatic heterocycles. The van der Waals surface area contributed by atoms with Gasteiger partial charge in [0, 0.05) is 19.6 Å². The van der Waals surface area contributed by atoms with Gasteiger partial charge in [-0.1, -0.05) is 12.8 Å². The lowest BCUT2D eigenvalue weighted by Gasteiger charge is -2.31. The first-order valence-electron chi connectivity index (χ1n) is 7.19. The molecule has 4 unspecified atom stereocenters. The second-order valence-corrected chi connectivity index (χ2v) is 5.64. The number of nitrogens with two attached hydrogens (primary N) is 1. The molecule has 2 saturated carbocycles. The molecule has 0 aromatic carbocycles. The van der Waals surface area contributed by atoms with Gasteiger partial charge in [0.1, 0.15) is 6.10 Å². The molecule has 2 aliphatic rings. The average Bonchev–Trinajstić information content (AvgIpc) is 2.39. The van der Waals surface area contributed by atoms with Crippen molar-refractivity contribution >= 4 is 5.97 Å². The van der Waals surface area contributed by atoms with Gasteiger partial charge in [0.2, 0.25) is 0 Å². The Labute approximate surface area is 109 Å². The second-order valence-electron chi connectivity index (χ2n) is 5.64. The van der Waals surface area contributed by atoms with Gasteiger partial charge in [-0.3, -0.25) is 4.79 Å². The number of carbonyl (C=O) groups is 1. The van der Waals surface area contributed by atoms with E-state index in [2.05, 4.69) is 0 Å². The number of ether oxygens (including phenoxy) is 2. The average molecular weight is 255 g/mol. The first-order chi connectivity index (χ1) is 8.70. The van der Waals surface area contributed by atoms with Gasteiger partial charge in [0.05, 0.1) is 12.0 Å². The van der Waals surface area contributed by atoms with Gasteiger partial charge in [-0.2, -0.15) is 0 Å². The van der Waals surface area contributed by atoms with Crippen molar-refractivity contribution in [2.24, 2.45) is 11.7 Å². The molecule has 0 aromatic rings. The minimum Gasteiger partial charge on any atom is -0.462 e. The highest BCUT2D eigenvalue weighted by atomic mass is 16.5. The van der Waals surface area contributed by atoms with Crippen molar-refractivity contribution in [1.82, 2.24) is 0 Å². The second kappa shape index (κ2) is 6.53. The molecular formula is C14H25NO3. The van der Waals surface area contributed by atoms with E-state index in [9.17, 15) is 4.79 Å². The van der Waals surface area contributed by atoms with E-state index in [1.54, 1.807) is 7.11 Å². The Kier molecular flexibility index (Phi) is 5.01. The fourth-order valence-corrected chi connectivity index (χ4v) is 3.13. The number of rotatable bonds is 3. The number of hydrogen-bond donors (Lipinski definition) is 1. The number of hydrogen-bond acceptors (Lipinski definition) is 4. The van der Waals surface area contributed by atoms with Crippen LogP contribution in [0.15, 0.2) is 0 Å². The van der Waals surface area contributed by atoms with Crippen molar-refractivity contribution in [3.63, 3.8) is 0 Å². The first kappa shape index (κ1) is 13.8. The maximum atomic E-state index is 12.1. The predicted molar refractivity (Wildman–Crippen MR) is 69.1 cm³/mol. The van der Waals surface area contributed by atoms with E-state index in [0.29, 0.717) is 0 Å². The molecule has 2 aliphatic carbocycles. The topological polar surface area (TPSA) is 61.5 Å². The Bertz CT molecular complexity index is 282. The van der Waals surface area contributed by atoms with E-state index in [4.69, 9.17) is 15.2 Å². The summed E-state index contributed by atoms with van der Waals surface area (Å²) < 4.78 is 11.0. The van der Waals surface area contributed by atoms with Crippen LogP contribution in [0.1, 0.15) is 51.4 Å². The van der Waals surface area contributed by atoms with Crippen LogP contribution >= 0.6 is 0 Å². The SMILES string of the molecule is COC1CCCC(OC(=O)C2CCCCC2N)C1. The van der Waals surface area contributed by atoms with Gasteiger partial charge in [-0.05, 0) is 32.1 Å². The number of methoxy groups -OCH3 is 1. The lowest BCUT2D eigenvalue weighted by molar-refractivity contribution is -0.159. The Hall–Kier alpha value is -0.610. The van der Waals surface area contributed by atoms with Gasteiger partial charge in [0.25, 0.3) is 0 Å². The monoisotopic (exact) mass is 255 g/mol. The zero-order valence-corrected chi connectivity index (χ0v) is 11.3. The minimum atomic E-state index is -0.0818. The van der Waals surface area contributed by atoms with E-state index < -0.39 is 0 Å². The molecule has 104 valence electrons. The summed E-state index contributed by atoms with van der Waals surface area (Å²) in [6.45, 7) is 0. The van der Waals surface area contributed by atoms with E-state index in [1.165, 1.54) is 0 Å². The highest BCUT2D eigenvalue weighted by Crippen LogP contribution is 2.28. The molecule has 0 saturated heterocycles. The molecule has 0 aromatic heterocycles. The number of esters is 1. The van der Waals surface area contributed by atoms with Crippen LogP contribution < -0.4 is 5.73 Å². The summed E-state index contributed by atoms with van der Waals surface area (Å²) in [6.07, 6.45) is 8.31. The third kappa shape index (κ3) is 3.45. The van der Waals surface area contributed by atoms with E-state index >= 15 is 0 Å². The summed E-state index contributed by atoms with van der Waals surface area (Å²) in [4.78, 5) is 12.1. The molecule has 18 heavy (non-hydrogen) atoms. The van der Waals surface area contributed by atoms with Crippen LogP contribution in [0.5, 0.6) is 0 Å². The van der Waals surface area contributed by atoms with Crippen LogP contribution in [-0.4, -0.2) is 31.3 Å². The molecule has 2 N–H and O–H groups in total. The maximum Gasteiger partial charge on any atom is 0.310 e. The molecule has 4 nitrogen and oxygen atoms in total. The Morgan fingerprint density at radius 3 is 2.50 bits per heavy atom. The summed E-state index contributed by atoms with van der Waals surface area (Å²) in [7, 11) is 1.73. The van der Waals surface area contributed by atoms with Gasteiger partial charge < -0.3 is 15.2 Å². The minimum absolute atomic E-state index is 0.00642. The molecule has 0 radical (unpaired) electrons. The van der Waals surface area contributed by atoms with Crippen molar-refractivity contribution < 1.29 is 14.3 Å². The summed E-state index contributed by atoms with van der Waals surface area (Å²) in [5.74, 6) is -0.161. The highest BCUT2D eigenvalue weighted by molar-refractivity contribution is 5.73. The predicted octanol–water partition coefficient (Wildman–Crippen LogP) is 2.00. The zero-order valence-electron chi connectivity index (χ0n) is 11.3. The fraction of sp³-hybridized carbons (Fsp3) is 0.929. The number of carbonyl (C=O) groups excluding carboxylic acids is 1. The lowest BCUT2D eigenvalue weighted by Crippen LogP contribution is -2.41. The first-order valence-corrected chi connectivity index (χ1v) is 7.19. The van der Waals surface area contributed by atoms with Crippen LogP contribution in [0, 0.1) is 5.92 Å². The summed E-state index contributed by atoms with van der Waals surface area (Å²) in [5, 5.41) is 0. The van der Waals surface area contributed by atoms with Crippen LogP contribution in [0.3, 0.4) is 0 Å². The van der Waals surface area contributed by atoms with E-state index in [1.807, 2.05) is 0 Å². The third-order valence-corrected chi connectivity index (χ3v) is 4.32. The van der Waals surface area contributed by atoms with Crippen molar-refractivity contribution in [2.45, 2.75) is 69.6 Å². The molecule has 0 bridgehead atoms. The zero-order chi connectivity index (χ0) is 13.0. The smallest absolute Gasteiger partial charge is 0.310 e. The van der Waals surface area contributed by atoms with E-state index in [0.717, 1.165) is 51.4 Å². The highest BCUT2D eigenvalue weighted by Gasteiger charge is 2.32. The molecular weight excluding hydrogens is 230 g/mol. The van der Waals surface area contributed by atoms with Crippen LogP contribution in [0.2, 0.25) is 0 Å². The molecule has 0 amide bonds. The maximum absolute atomic E-state index is 12.1. The largest absolute Gasteiger partial charge is 0.462 e. The molecule has 4 heteroatoms. The van der Waals surface area contributed by atoms with Crippen molar-refractivity contribution in [3.05, 3.63) is 0 Å². The summed E-state index contributed by atoms with van der Waals surface area (Å²) >= 11 is 0. The Morgan fingerprint density at radius 1 is 1.06 bits per heavy atom. The molecule has 4 atom stereocenters. The summed E-state index contributed by atoms with van der Waals surface area (Å²) in [5.41, 5.74) is 6.01. The Morgan fingerprint density at radius 2 is 1.78 bits per heavy atom. The van der Waals surface area contributed by atoms with Crippen molar-refractivity contribution in [2.75, 3.05) is 7.11 Å². The van der Waals surface area contributed by atoms with Crippen molar-refractivity contribution in [3.8, 4) is 0 Å². The van der Waals surface area contributed by atoms with Gasteiger partial charge in [0.15, 0.2) is 0 Å². The quantitative estimate of drug-likeness (QED) is 0.784. The fourth-order valence-electron chi connectivity index (χ4n) is 3.13.